The van der Waals surface area contributed by atoms with E-state index in [2.05, 4.69) is 47.2 Å². The lowest BCUT2D eigenvalue weighted by Crippen LogP contribution is -2.56. The van der Waals surface area contributed by atoms with Crippen molar-refractivity contribution >= 4 is 29.5 Å². The van der Waals surface area contributed by atoms with Gasteiger partial charge in [-0.15, -0.1) is 0 Å². The second kappa shape index (κ2) is 26.2. The van der Waals surface area contributed by atoms with Crippen molar-refractivity contribution in [2.45, 2.75) is 110 Å². The summed E-state index contributed by atoms with van der Waals surface area (Å²) in [6, 6.07) is 13.4. The number of ether oxygens (including phenoxy) is 2. The molecule has 5 rings (SSSR count). The SMILES string of the molecule is CCCCc1ccc(-c2nc(C)c(C(=O)N[C@@H](CCN)C(=O)N(C)[C@@H]3C(=O)N[C@@H](C)C(=O)N[C@H](C(=O)NCC#N)Cc4ccc(OCCN)c(c4)-c4cc3ccc4OCCN)c(C)n2)cc1CCCC. The van der Waals surface area contributed by atoms with E-state index in [4.69, 9.17) is 36.6 Å². The van der Waals surface area contributed by atoms with Gasteiger partial charge in [0.25, 0.3) is 5.91 Å². The Morgan fingerprint density at radius 2 is 1.47 bits per heavy atom. The Kier molecular flexibility index (Phi) is 20.2. The van der Waals surface area contributed by atoms with E-state index >= 15 is 0 Å². The van der Waals surface area contributed by atoms with Gasteiger partial charge in [-0.25, -0.2) is 9.97 Å². The number of likely N-dealkylation sites (N-methyl/N-ethyl adjacent to an activating group) is 1. The molecule has 5 amide bonds. The zero-order valence-electron chi connectivity index (χ0n) is 41.3. The van der Waals surface area contributed by atoms with Gasteiger partial charge in [0, 0.05) is 43.2 Å². The van der Waals surface area contributed by atoms with Gasteiger partial charge in [-0.2, -0.15) is 5.26 Å². The number of aryl methyl sites for hydroxylation is 4. The van der Waals surface area contributed by atoms with Crippen LogP contribution in [0.15, 0.2) is 54.6 Å². The van der Waals surface area contributed by atoms with Crippen LogP contribution in [0.4, 0.5) is 0 Å². The minimum atomic E-state index is -1.40. The first kappa shape index (κ1) is 54.0. The first-order chi connectivity index (χ1) is 33.7. The number of amides is 5. The summed E-state index contributed by atoms with van der Waals surface area (Å²) in [5, 5.41) is 20.0. The summed E-state index contributed by atoms with van der Waals surface area (Å²) < 4.78 is 12.2. The second-order valence-electron chi connectivity index (χ2n) is 17.5. The fraction of sp³-hybridized carbons (Fsp3) is 0.462. The molecule has 4 aromatic rings. The Labute approximate surface area is 410 Å². The summed E-state index contributed by atoms with van der Waals surface area (Å²) in [5.74, 6) is -2.04. The summed E-state index contributed by atoms with van der Waals surface area (Å²) in [5.41, 5.74) is 24.2. The van der Waals surface area contributed by atoms with Crippen LogP contribution < -0.4 is 47.9 Å². The predicted molar refractivity (Wildman–Crippen MR) is 267 cm³/mol. The van der Waals surface area contributed by atoms with Gasteiger partial charge >= 0.3 is 0 Å². The fourth-order valence-corrected chi connectivity index (χ4v) is 8.51. The normalized spacial score (nSPS) is 16.1. The van der Waals surface area contributed by atoms with Crippen molar-refractivity contribution in [1.29, 1.82) is 5.26 Å². The highest BCUT2D eigenvalue weighted by molar-refractivity contribution is 6.00. The Hall–Kier alpha value is -6.94. The van der Waals surface area contributed by atoms with Crippen LogP contribution in [0.25, 0.3) is 22.5 Å². The third-order valence-corrected chi connectivity index (χ3v) is 12.2. The highest BCUT2D eigenvalue weighted by atomic mass is 16.5. The average Bonchev–Trinajstić information content (AvgIpc) is 3.34. The van der Waals surface area contributed by atoms with Gasteiger partial charge in [-0.1, -0.05) is 51.0 Å². The van der Waals surface area contributed by atoms with Gasteiger partial charge < -0.3 is 52.8 Å². The molecule has 4 bridgehead atoms. The average molecular weight is 960 g/mol. The Balaban J connectivity index is 1.56. The lowest BCUT2D eigenvalue weighted by molar-refractivity contribution is -0.141. The molecular formula is C52H69N11O7. The first-order valence-electron chi connectivity index (χ1n) is 24.1. The predicted octanol–water partition coefficient (Wildman–Crippen LogP) is 3.62. The van der Waals surface area contributed by atoms with Crippen LogP contribution in [-0.4, -0.2) is 109 Å². The Bertz CT molecular complexity index is 2520. The molecule has 10 N–H and O–H groups in total. The van der Waals surface area contributed by atoms with Gasteiger partial charge in [0.05, 0.1) is 23.0 Å². The number of benzene rings is 3. The first-order valence-corrected chi connectivity index (χ1v) is 24.1. The molecule has 0 unspecified atom stereocenters. The minimum absolute atomic E-state index is 0.00288. The maximum absolute atomic E-state index is 14.8. The Morgan fingerprint density at radius 3 is 2.09 bits per heavy atom. The molecule has 1 aromatic heterocycles. The van der Waals surface area contributed by atoms with Crippen molar-refractivity contribution < 1.29 is 33.4 Å². The van der Waals surface area contributed by atoms with E-state index < -0.39 is 53.7 Å². The molecule has 0 saturated carbocycles. The highest BCUT2D eigenvalue weighted by Gasteiger charge is 2.36. The number of hydrogen-bond acceptors (Lipinski definition) is 13. The minimum Gasteiger partial charge on any atom is -0.492 e. The third kappa shape index (κ3) is 13.6. The number of unbranched alkanes of at least 4 members (excludes halogenated alkanes) is 2. The quantitative estimate of drug-likeness (QED) is 0.0589. The number of nitrogens with two attached hydrogens (primary N) is 3. The summed E-state index contributed by atoms with van der Waals surface area (Å²) >= 11 is 0. The van der Waals surface area contributed by atoms with Gasteiger partial charge in [0.1, 0.15) is 55.4 Å². The molecule has 18 heteroatoms. The van der Waals surface area contributed by atoms with Crippen LogP contribution in [0, 0.1) is 25.2 Å². The van der Waals surface area contributed by atoms with E-state index in [-0.39, 0.29) is 57.8 Å². The Morgan fingerprint density at radius 1 is 0.843 bits per heavy atom. The van der Waals surface area contributed by atoms with Gasteiger partial charge in [0.2, 0.25) is 23.6 Å². The molecule has 18 nitrogen and oxygen atoms in total. The maximum atomic E-state index is 14.8. The molecule has 0 fully saturated rings. The van der Waals surface area contributed by atoms with Crippen LogP contribution in [0.1, 0.15) is 103 Å². The number of rotatable bonds is 21. The van der Waals surface area contributed by atoms with Crippen molar-refractivity contribution in [2.75, 3.05) is 46.4 Å². The molecular weight excluding hydrogens is 891 g/mol. The van der Waals surface area contributed by atoms with Crippen LogP contribution >= 0.6 is 0 Å². The van der Waals surface area contributed by atoms with Crippen LogP contribution in [0.3, 0.4) is 0 Å². The molecule has 0 radical (unpaired) electrons. The van der Waals surface area contributed by atoms with E-state index in [1.54, 1.807) is 50.2 Å². The molecule has 0 aliphatic carbocycles. The van der Waals surface area contributed by atoms with E-state index in [1.165, 1.54) is 30.0 Å². The molecule has 3 aromatic carbocycles. The van der Waals surface area contributed by atoms with Crippen LogP contribution in [-0.2, 0) is 38.4 Å². The van der Waals surface area contributed by atoms with Crippen LogP contribution in [0.5, 0.6) is 11.5 Å². The molecule has 1 aliphatic rings. The summed E-state index contributed by atoms with van der Waals surface area (Å²) in [6.45, 7) is 9.63. The number of nitrogens with one attached hydrogen (secondary N) is 4. The molecule has 0 saturated heterocycles. The summed E-state index contributed by atoms with van der Waals surface area (Å²) in [7, 11) is 1.43. The molecule has 0 spiro atoms. The van der Waals surface area contributed by atoms with Gasteiger partial charge in [-0.3, -0.25) is 24.0 Å². The molecule has 70 heavy (non-hydrogen) atoms. The highest BCUT2D eigenvalue weighted by Crippen LogP contribution is 2.40. The largest absolute Gasteiger partial charge is 0.492 e. The zero-order chi connectivity index (χ0) is 50.9. The standard InChI is InChI=1S/C52H69N11O7/c1-7-9-11-35-14-15-38(29-36(35)12-10-8-2)47-58-31(3)45(32(4)59-47)50(66)61-41(19-20-53)52(68)63(6)46-37-16-18-44(70-26-23-56)40(30-37)39-27-34(13-17-43(39)69-25-22-55)28-42(49(65)57-24-21-54)62-48(64)33(5)60-51(46)67/h13-18,27,29-30,33,41-42,46H,7-12,19-20,22-26,28,53,55-56H2,1-6H3,(H,57,65)(H,60,67)(H,61,66)(H,62,64)/t33-,41-,42-,46-/m0/s1. The molecule has 374 valence electrons. The van der Waals surface area contributed by atoms with E-state index in [0.29, 0.717) is 51.0 Å². The zero-order valence-corrected chi connectivity index (χ0v) is 41.3. The van der Waals surface area contributed by atoms with Crippen molar-refractivity contribution in [1.82, 2.24) is 36.1 Å². The number of aromatic nitrogens is 2. The number of fused-ring (bicyclic) bond motifs is 5. The van der Waals surface area contributed by atoms with Crippen molar-refractivity contribution in [3.8, 4) is 40.1 Å². The number of carbonyl (C=O) groups excluding carboxylic acids is 5. The lowest BCUT2D eigenvalue weighted by atomic mass is 9.93. The number of carbonyl (C=O) groups is 5. The van der Waals surface area contributed by atoms with Gasteiger partial charge in [0.15, 0.2) is 5.82 Å². The van der Waals surface area contributed by atoms with E-state index in [1.807, 2.05) is 12.1 Å². The van der Waals surface area contributed by atoms with Crippen molar-refractivity contribution in [3.63, 3.8) is 0 Å². The summed E-state index contributed by atoms with van der Waals surface area (Å²) in [4.78, 5) is 81.7. The van der Waals surface area contributed by atoms with Crippen molar-refractivity contribution in [3.05, 3.63) is 93.8 Å². The second-order valence-corrected chi connectivity index (χ2v) is 17.5. The number of nitriles is 1. The topological polar surface area (TPSA) is 283 Å². The van der Waals surface area contributed by atoms with Gasteiger partial charge in [-0.05, 0) is 112 Å². The van der Waals surface area contributed by atoms with Crippen molar-refractivity contribution in [2.24, 2.45) is 17.2 Å². The molecule has 4 atom stereocenters. The number of hydrogen-bond donors (Lipinski definition) is 7. The third-order valence-electron chi connectivity index (χ3n) is 12.2. The summed E-state index contributed by atoms with van der Waals surface area (Å²) in [6.07, 6.45) is 6.28. The number of nitrogens with zero attached hydrogens (tertiary/aromatic N) is 4. The lowest BCUT2D eigenvalue weighted by Gasteiger charge is -2.32. The van der Waals surface area contributed by atoms with Crippen LogP contribution in [0.2, 0.25) is 0 Å². The van der Waals surface area contributed by atoms with E-state index in [9.17, 15) is 29.2 Å². The smallest absolute Gasteiger partial charge is 0.255 e. The van der Waals surface area contributed by atoms with E-state index in [0.717, 1.165) is 44.1 Å². The molecule has 2 heterocycles. The molecule has 1 aliphatic heterocycles. The monoisotopic (exact) mass is 960 g/mol. The maximum Gasteiger partial charge on any atom is 0.255 e. The fourth-order valence-electron chi connectivity index (χ4n) is 8.51.